The fraction of sp³-hybridized carbons (Fsp3) is 0.278. The zero-order valence-corrected chi connectivity index (χ0v) is 13.8. The minimum atomic E-state index is 0.279. The van der Waals surface area contributed by atoms with Crippen molar-refractivity contribution in [3.05, 3.63) is 59.1 Å². The monoisotopic (exact) mass is 329 g/mol. The molecule has 0 amide bonds. The average molecular weight is 330 g/mol. The lowest BCUT2D eigenvalue weighted by molar-refractivity contribution is 0.353. The maximum absolute atomic E-state index is 5.98. The van der Waals surface area contributed by atoms with Crippen LogP contribution in [0.1, 0.15) is 24.3 Å². The maximum Gasteiger partial charge on any atom is 0.193 e. The number of halogens is 1. The van der Waals surface area contributed by atoms with Gasteiger partial charge in [0.1, 0.15) is 5.75 Å². The van der Waals surface area contributed by atoms with E-state index in [0.29, 0.717) is 11.9 Å². The third-order valence-electron chi connectivity index (χ3n) is 4.14. The molecule has 2 aromatic rings. The summed E-state index contributed by atoms with van der Waals surface area (Å²) in [5.74, 6) is 1.82. The molecular weight excluding hydrogens is 310 g/mol. The van der Waals surface area contributed by atoms with Crippen LogP contribution in [0.4, 0.5) is 5.69 Å². The van der Waals surface area contributed by atoms with E-state index in [9.17, 15) is 0 Å². The molecule has 1 saturated carbocycles. The smallest absolute Gasteiger partial charge is 0.193 e. The Morgan fingerprint density at radius 2 is 1.78 bits per heavy atom. The van der Waals surface area contributed by atoms with Crippen molar-refractivity contribution in [2.75, 3.05) is 12.4 Å². The zero-order chi connectivity index (χ0) is 16.2. The van der Waals surface area contributed by atoms with Gasteiger partial charge in [-0.05, 0) is 60.7 Å². The van der Waals surface area contributed by atoms with Gasteiger partial charge in [-0.25, -0.2) is 4.99 Å². The molecule has 23 heavy (non-hydrogen) atoms. The van der Waals surface area contributed by atoms with Crippen LogP contribution in [0.5, 0.6) is 5.75 Å². The Bertz CT molecular complexity index is 676. The third-order valence-corrected chi connectivity index (χ3v) is 4.39. The second-order valence-electron chi connectivity index (χ2n) is 5.74. The van der Waals surface area contributed by atoms with E-state index in [4.69, 9.17) is 22.1 Å². The van der Waals surface area contributed by atoms with E-state index in [1.807, 2.05) is 36.4 Å². The third kappa shape index (κ3) is 3.96. The Morgan fingerprint density at radius 3 is 2.39 bits per heavy atom. The SMILES string of the molecule is COc1ccc(NC(N)=NC2CC(c3ccc(Cl)cc3)C2)cc1. The van der Waals surface area contributed by atoms with E-state index in [1.54, 1.807) is 7.11 Å². The lowest BCUT2D eigenvalue weighted by atomic mass is 9.76. The number of hydrogen-bond donors (Lipinski definition) is 2. The van der Waals surface area contributed by atoms with Crippen LogP contribution in [0.25, 0.3) is 0 Å². The molecule has 0 unspecified atom stereocenters. The number of aliphatic imine (C=N–C) groups is 1. The Hall–Kier alpha value is -2.20. The molecule has 2 aromatic carbocycles. The van der Waals surface area contributed by atoms with Crippen LogP contribution in [0.15, 0.2) is 53.5 Å². The molecule has 0 radical (unpaired) electrons. The number of nitrogens with zero attached hydrogens (tertiary/aromatic N) is 1. The fourth-order valence-corrected chi connectivity index (χ4v) is 2.88. The molecule has 0 atom stereocenters. The minimum Gasteiger partial charge on any atom is -0.497 e. The van der Waals surface area contributed by atoms with E-state index >= 15 is 0 Å². The van der Waals surface area contributed by atoms with Gasteiger partial charge in [0, 0.05) is 10.7 Å². The van der Waals surface area contributed by atoms with Crippen LogP contribution in [0.3, 0.4) is 0 Å². The summed E-state index contributed by atoms with van der Waals surface area (Å²) in [5.41, 5.74) is 8.21. The van der Waals surface area contributed by atoms with Gasteiger partial charge in [0.2, 0.25) is 0 Å². The molecule has 1 fully saturated rings. The van der Waals surface area contributed by atoms with Crippen molar-refractivity contribution in [1.82, 2.24) is 0 Å². The van der Waals surface area contributed by atoms with Crippen LogP contribution in [-0.4, -0.2) is 19.1 Å². The van der Waals surface area contributed by atoms with Gasteiger partial charge in [0.05, 0.1) is 13.2 Å². The first kappa shape index (κ1) is 15.7. The average Bonchev–Trinajstić information content (AvgIpc) is 2.52. The van der Waals surface area contributed by atoms with E-state index in [2.05, 4.69) is 22.4 Å². The van der Waals surface area contributed by atoms with Crippen molar-refractivity contribution in [1.29, 1.82) is 0 Å². The molecule has 0 aromatic heterocycles. The molecular formula is C18H20ClN3O. The topological polar surface area (TPSA) is 59.6 Å². The zero-order valence-electron chi connectivity index (χ0n) is 13.0. The second kappa shape index (κ2) is 6.92. The number of anilines is 1. The first-order chi connectivity index (χ1) is 11.1. The summed E-state index contributed by atoms with van der Waals surface area (Å²) in [6.07, 6.45) is 2.04. The van der Waals surface area contributed by atoms with Gasteiger partial charge in [-0.1, -0.05) is 23.7 Å². The molecule has 3 rings (SSSR count). The summed E-state index contributed by atoms with van der Waals surface area (Å²) >= 11 is 5.92. The highest BCUT2D eigenvalue weighted by molar-refractivity contribution is 6.30. The van der Waals surface area contributed by atoms with E-state index in [1.165, 1.54) is 5.56 Å². The molecule has 120 valence electrons. The van der Waals surface area contributed by atoms with Crippen molar-refractivity contribution in [2.45, 2.75) is 24.8 Å². The lowest BCUT2D eigenvalue weighted by Crippen LogP contribution is -2.31. The van der Waals surface area contributed by atoms with Gasteiger partial charge in [0.15, 0.2) is 5.96 Å². The van der Waals surface area contributed by atoms with E-state index in [-0.39, 0.29) is 6.04 Å². The molecule has 0 spiro atoms. The number of nitrogens with two attached hydrogens (primary N) is 1. The normalized spacial score (nSPS) is 20.7. The Kier molecular flexibility index (Phi) is 4.72. The summed E-state index contributed by atoms with van der Waals surface area (Å²) in [5, 5.41) is 3.88. The number of nitrogens with one attached hydrogen (secondary N) is 1. The molecule has 5 heteroatoms. The molecule has 0 aliphatic heterocycles. The Morgan fingerprint density at radius 1 is 1.13 bits per heavy atom. The summed E-state index contributed by atoms with van der Waals surface area (Å²) in [7, 11) is 1.64. The molecule has 0 saturated heterocycles. The van der Waals surface area contributed by atoms with Crippen LogP contribution < -0.4 is 15.8 Å². The number of benzene rings is 2. The lowest BCUT2D eigenvalue weighted by Gasteiger charge is -2.33. The second-order valence-corrected chi connectivity index (χ2v) is 6.18. The molecule has 0 heterocycles. The minimum absolute atomic E-state index is 0.279. The quantitative estimate of drug-likeness (QED) is 0.658. The Balaban J connectivity index is 1.52. The first-order valence-corrected chi connectivity index (χ1v) is 8.01. The number of hydrogen-bond acceptors (Lipinski definition) is 2. The van der Waals surface area contributed by atoms with Crippen molar-refractivity contribution < 1.29 is 4.74 Å². The highest BCUT2D eigenvalue weighted by Gasteiger charge is 2.30. The number of methoxy groups -OCH3 is 1. The summed E-state index contributed by atoms with van der Waals surface area (Å²) in [6, 6.07) is 15.9. The summed E-state index contributed by atoms with van der Waals surface area (Å²) in [4.78, 5) is 4.54. The summed E-state index contributed by atoms with van der Waals surface area (Å²) < 4.78 is 5.13. The largest absolute Gasteiger partial charge is 0.497 e. The highest BCUT2D eigenvalue weighted by Crippen LogP contribution is 2.39. The summed E-state index contributed by atoms with van der Waals surface area (Å²) in [6.45, 7) is 0. The van der Waals surface area contributed by atoms with Gasteiger partial charge >= 0.3 is 0 Å². The molecule has 0 bridgehead atoms. The van der Waals surface area contributed by atoms with Crippen LogP contribution >= 0.6 is 11.6 Å². The van der Waals surface area contributed by atoms with E-state index in [0.717, 1.165) is 29.3 Å². The molecule has 4 nitrogen and oxygen atoms in total. The number of ether oxygens (including phenoxy) is 1. The molecule has 3 N–H and O–H groups in total. The van der Waals surface area contributed by atoms with Gasteiger partial charge in [-0.2, -0.15) is 0 Å². The molecule has 1 aliphatic carbocycles. The highest BCUT2D eigenvalue weighted by atomic mass is 35.5. The van der Waals surface area contributed by atoms with Crippen molar-refractivity contribution in [3.8, 4) is 5.75 Å². The van der Waals surface area contributed by atoms with Gasteiger partial charge in [-0.3, -0.25) is 0 Å². The van der Waals surface area contributed by atoms with Gasteiger partial charge < -0.3 is 15.8 Å². The molecule has 1 aliphatic rings. The number of rotatable bonds is 4. The fourth-order valence-electron chi connectivity index (χ4n) is 2.75. The predicted molar refractivity (Wildman–Crippen MR) is 95.5 cm³/mol. The first-order valence-electron chi connectivity index (χ1n) is 7.64. The van der Waals surface area contributed by atoms with Crippen molar-refractivity contribution in [3.63, 3.8) is 0 Å². The van der Waals surface area contributed by atoms with Gasteiger partial charge in [-0.15, -0.1) is 0 Å². The van der Waals surface area contributed by atoms with Crippen LogP contribution in [-0.2, 0) is 0 Å². The van der Waals surface area contributed by atoms with E-state index < -0.39 is 0 Å². The van der Waals surface area contributed by atoms with Gasteiger partial charge in [0.25, 0.3) is 0 Å². The van der Waals surface area contributed by atoms with Crippen LogP contribution in [0.2, 0.25) is 5.02 Å². The van der Waals surface area contributed by atoms with Crippen molar-refractivity contribution >= 4 is 23.2 Å². The maximum atomic E-state index is 5.98. The van der Waals surface area contributed by atoms with Crippen LogP contribution in [0, 0.1) is 0 Å². The standard InChI is InChI=1S/C18H20ClN3O/c1-23-17-8-6-15(7-9-17)21-18(20)22-16-10-13(11-16)12-2-4-14(19)5-3-12/h2-9,13,16H,10-11H2,1H3,(H3,20,21,22). The van der Waals surface area contributed by atoms with Crippen molar-refractivity contribution in [2.24, 2.45) is 10.7 Å². The predicted octanol–water partition coefficient (Wildman–Crippen LogP) is 4.02. The Labute approximate surface area is 141 Å². The number of guanidine groups is 1.